The van der Waals surface area contributed by atoms with Gasteiger partial charge in [-0.05, 0) is 31.2 Å². The van der Waals surface area contributed by atoms with Crippen LogP contribution in [-0.4, -0.2) is 0 Å². The number of furan rings is 1. The molecule has 0 saturated heterocycles. The Morgan fingerprint density at radius 2 is 1.94 bits per heavy atom. The van der Waals surface area contributed by atoms with Gasteiger partial charge in [0.2, 0.25) is 0 Å². The summed E-state index contributed by atoms with van der Waals surface area (Å²) in [5, 5.41) is 0.419. The quantitative estimate of drug-likeness (QED) is 0.813. The van der Waals surface area contributed by atoms with E-state index in [1.807, 2.05) is 0 Å². The van der Waals surface area contributed by atoms with Gasteiger partial charge >= 0.3 is 6.18 Å². The SMILES string of the molecule is CC(N)c1cc2cc(C(F)(F)F)ccc2o1. The lowest BCUT2D eigenvalue weighted by Gasteiger charge is -2.04. The zero-order valence-corrected chi connectivity index (χ0v) is 8.51. The largest absolute Gasteiger partial charge is 0.459 e. The molecule has 2 nitrogen and oxygen atoms in total. The van der Waals surface area contributed by atoms with Gasteiger partial charge in [-0.1, -0.05) is 0 Å². The average molecular weight is 229 g/mol. The van der Waals surface area contributed by atoms with Gasteiger partial charge in [-0.15, -0.1) is 0 Å². The summed E-state index contributed by atoms with van der Waals surface area (Å²) in [6, 6.07) is 4.57. The van der Waals surface area contributed by atoms with Gasteiger partial charge in [-0.2, -0.15) is 13.2 Å². The summed E-state index contributed by atoms with van der Waals surface area (Å²) in [6.45, 7) is 1.71. The van der Waals surface area contributed by atoms with Crippen LogP contribution in [-0.2, 0) is 6.18 Å². The van der Waals surface area contributed by atoms with Crippen molar-refractivity contribution in [1.82, 2.24) is 0 Å². The van der Waals surface area contributed by atoms with Crippen LogP contribution in [0.1, 0.15) is 24.3 Å². The summed E-state index contributed by atoms with van der Waals surface area (Å²) in [7, 11) is 0. The van der Waals surface area contributed by atoms with E-state index in [1.165, 1.54) is 12.1 Å². The van der Waals surface area contributed by atoms with Crippen molar-refractivity contribution in [1.29, 1.82) is 0 Å². The molecule has 1 aromatic heterocycles. The first-order valence-electron chi connectivity index (χ1n) is 4.74. The predicted molar refractivity (Wildman–Crippen MR) is 53.8 cm³/mol. The van der Waals surface area contributed by atoms with Gasteiger partial charge in [0.15, 0.2) is 0 Å². The van der Waals surface area contributed by atoms with Crippen molar-refractivity contribution in [2.24, 2.45) is 5.73 Å². The zero-order chi connectivity index (χ0) is 11.9. The highest BCUT2D eigenvalue weighted by Crippen LogP contribution is 2.32. The first kappa shape index (κ1) is 11.0. The highest BCUT2D eigenvalue weighted by molar-refractivity contribution is 5.79. The molecule has 0 aliphatic carbocycles. The predicted octanol–water partition coefficient (Wildman–Crippen LogP) is 3.47. The fourth-order valence-corrected chi connectivity index (χ4v) is 1.46. The van der Waals surface area contributed by atoms with E-state index in [-0.39, 0.29) is 6.04 Å². The van der Waals surface area contributed by atoms with Crippen molar-refractivity contribution >= 4 is 11.0 Å². The molecule has 0 amide bonds. The number of nitrogens with two attached hydrogens (primary N) is 1. The molecule has 2 rings (SSSR count). The van der Waals surface area contributed by atoms with Crippen molar-refractivity contribution in [3.63, 3.8) is 0 Å². The van der Waals surface area contributed by atoms with Gasteiger partial charge in [-0.3, -0.25) is 0 Å². The number of rotatable bonds is 1. The van der Waals surface area contributed by atoms with Crippen LogP contribution in [0.25, 0.3) is 11.0 Å². The van der Waals surface area contributed by atoms with Crippen LogP contribution in [0.4, 0.5) is 13.2 Å². The van der Waals surface area contributed by atoms with Crippen molar-refractivity contribution in [3.05, 3.63) is 35.6 Å². The summed E-state index contributed by atoms with van der Waals surface area (Å²) in [4.78, 5) is 0. The van der Waals surface area contributed by atoms with Crippen LogP contribution in [0.5, 0.6) is 0 Å². The molecule has 5 heteroatoms. The molecule has 0 saturated carbocycles. The number of alkyl halides is 3. The van der Waals surface area contributed by atoms with E-state index in [0.29, 0.717) is 16.7 Å². The minimum atomic E-state index is -4.33. The molecule has 1 heterocycles. The Hall–Kier alpha value is -1.49. The van der Waals surface area contributed by atoms with Crippen molar-refractivity contribution < 1.29 is 17.6 Å². The monoisotopic (exact) mass is 229 g/mol. The first-order valence-corrected chi connectivity index (χ1v) is 4.74. The highest BCUT2D eigenvalue weighted by atomic mass is 19.4. The fraction of sp³-hybridized carbons (Fsp3) is 0.273. The van der Waals surface area contributed by atoms with Gasteiger partial charge in [-0.25, -0.2) is 0 Å². The van der Waals surface area contributed by atoms with E-state index in [9.17, 15) is 13.2 Å². The number of benzene rings is 1. The normalized spacial score (nSPS) is 14.3. The second kappa shape index (κ2) is 3.52. The maximum atomic E-state index is 12.4. The van der Waals surface area contributed by atoms with E-state index < -0.39 is 11.7 Å². The standard InChI is InChI=1S/C11H10F3NO/c1-6(15)10-5-7-4-8(11(12,13)14)2-3-9(7)16-10/h2-6H,15H2,1H3. The summed E-state index contributed by atoms with van der Waals surface area (Å²) < 4.78 is 42.6. The van der Waals surface area contributed by atoms with Gasteiger partial charge in [0.1, 0.15) is 11.3 Å². The van der Waals surface area contributed by atoms with Crippen LogP contribution >= 0.6 is 0 Å². The number of fused-ring (bicyclic) bond motifs is 1. The number of hydrogen-bond acceptors (Lipinski definition) is 2. The van der Waals surface area contributed by atoms with Gasteiger partial charge in [0, 0.05) is 5.39 Å². The molecular formula is C11H10F3NO. The Kier molecular flexibility index (Phi) is 2.42. The molecule has 2 N–H and O–H groups in total. The first-order chi connectivity index (χ1) is 7.38. The van der Waals surface area contributed by atoms with E-state index in [0.717, 1.165) is 12.1 Å². The third-order valence-electron chi connectivity index (χ3n) is 2.31. The van der Waals surface area contributed by atoms with E-state index >= 15 is 0 Å². The minimum Gasteiger partial charge on any atom is -0.459 e. The van der Waals surface area contributed by atoms with E-state index in [2.05, 4.69) is 0 Å². The van der Waals surface area contributed by atoms with Crippen molar-refractivity contribution in [2.45, 2.75) is 19.1 Å². The smallest absolute Gasteiger partial charge is 0.416 e. The fourth-order valence-electron chi connectivity index (χ4n) is 1.46. The lowest BCUT2D eigenvalue weighted by molar-refractivity contribution is -0.137. The Morgan fingerprint density at radius 3 is 2.50 bits per heavy atom. The van der Waals surface area contributed by atoms with Gasteiger partial charge in [0.05, 0.1) is 11.6 Å². The Morgan fingerprint density at radius 1 is 1.25 bits per heavy atom. The van der Waals surface area contributed by atoms with Crippen LogP contribution in [0, 0.1) is 0 Å². The lowest BCUT2D eigenvalue weighted by Crippen LogP contribution is -2.03. The molecule has 86 valence electrons. The number of hydrogen-bond donors (Lipinski definition) is 1. The zero-order valence-electron chi connectivity index (χ0n) is 8.51. The third kappa shape index (κ3) is 1.90. The summed E-state index contributed by atoms with van der Waals surface area (Å²) in [6.07, 6.45) is -4.33. The second-order valence-corrected chi connectivity index (χ2v) is 3.69. The average Bonchev–Trinajstić information content (AvgIpc) is 2.58. The molecule has 0 radical (unpaired) electrons. The molecule has 1 atom stereocenters. The van der Waals surface area contributed by atoms with Gasteiger partial charge in [0.25, 0.3) is 0 Å². The molecule has 0 spiro atoms. The second-order valence-electron chi connectivity index (χ2n) is 3.69. The summed E-state index contributed by atoms with van der Waals surface area (Å²) in [5.74, 6) is 0.481. The Bertz CT molecular complexity index is 513. The molecule has 0 fully saturated rings. The van der Waals surface area contributed by atoms with E-state index in [1.54, 1.807) is 6.92 Å². The molecule has 0 bridgehead atoms. The van der Waals surface area contributed by atoms with Crippen molar-refractivity contribution in [2.75, 3.05) is 0 Å². The lowest BCUT2D eigenvalue weighted by atomic mass is 10.1. The van der Waals surface area contributed by atoms with Crippen LogP contribution < -0.4 is 5.73 Å². The summed E-state index contributed by atoms with van der Waals surface area (Å²) in [5.41, 5.74) is 5.32. The highest BCUT2D eigenvalue weighted by Gasteiger charge is 2.30. The molecule has 0 aliphatic heterocycles. The van der Waals surface area contributed by atoms with Crippen LogP contribution in [0.15, 0.2) is 28.7 Å². The minimum absolute atomic E-state index is 0.332. The molecule has 1 unspecified atom stereocenters. The molecule has 0 aliphatic rings. The van der Waals surface area contributed by atoms with E-state index in [4.69, 9.17) is 10.2 Å². The van der Waals surface area contributed by atoms with Crippen LogP contribution in [0.2, 0.25) is 0 Å². The topological polar surface area (TPSA) is 39.2 Å². The van der Waals surface area contributed by atoms with Crippen LogP contribution in [0.3, 0.4) is 0 Å². The maximum Gasteiger partial charge on any atom is 0.416 e. The number of halogens is 3. The Balaban J connectivity index is 2.54. The summed E-state index contributed by atoms with van der Waals surface area (Å²) >= 11 is 0. The van der Waals surface area contributed by atoms with Gasteiger partial charge < -0.3 is 10.2 Å². The molecule has 2 aromatic rings. The molecular weight excluding hydrogens is 219 g/mol. The maximum absolute atomic E-state index is 12.4. The third-order valence-corrected chi connectivity index (χ3v) is 2.31. The molecule has 1 aromatic carbocycles. The molecule has 16 heavy (non-hydrogen) atoms. The van der Waals surface area contributed by atoms with Crippen molar-refractivity contribution in [3.8, 4) is 0 Å². The Labute approximate surface area is 89.8 Å².